The van der Waals surface area contributed by atoms with Crippen LogP contribution in [0.15, 0.2) is 30.3 Å². The largest absolute Gasteiger partial charge is 0.465 e. The molecular weight excluding hydrogens is 220 g/mol. The van der Waals surface area contributed by atoms with Gasteiger partial charge in [0.25, 0.3) is 0 Å². The molecule has 0 heterocycles. The van der Waals surface area contributed by atoms with E-state index in [0.29, 0.717) is 6.42 Å². The van der Waals surface area contributed by atoms with Gasteiger partial charge in [0, 0.05) is 13.5 Å². The molecule has 5 heteroatoms. The van der Waals surface area contributed by atoms with Crippen molar-refractivity contribution in [3.63, 3.8) is 0 Å². The summed E-state index contributed by atoms with van der Waals surface area (Å²) >= 11 is 0. The van der Waals surface area contributed by atoms with Gasteiger partial charge in [0.1, 0.15) is 0 Å². The topological polar surface area (TPSA) is 78.4 Å². The minimum absolute atomic E-state index is 0.171. The predicted octanol–water partition coefficient (Wildman–Crippen LogP) is 1.00. The fourth-order valence-corrected chi connectivity index (χ4v) is 1.51. The molecule has 0 saturated heterocycles. The van der Waals surface area contributed by atoms with Crippen LogP contribution in [0.3, 0.4) is 0 Å². The molecule has 0 radical (unpaired) electrons. The predicted molar refractivity (Wildman–Crippen MR) is 63.8 cm³/mol. The van der Waals surface area contributed by atoms with Crippen molar-refractivity contribution in [1.29, 1.82) is 0 Å². The van der Waals surface area contributed by atoms with Crippen molar-refractivity contribution in [2.45, 2.75) is 19.4 Å². The molecular formula is C12H16N2O3. The van der Waals surface area contributed by atoms with E-state index in [0.717, 1.165) is 5.56 Å². The lowest BCUT2D eigenvalue weighted by atomic mass is 10.1. The number of rotatable bonds is 5. The summed E-state index contributed by atoms with van der Waals surface area (Å²) in [5, 5.41) is 13.7. The number of amides is 2. The number of hydrogen-bond donors (Lipinski definition) is 3. The van der Waals surface area contributed by atoms with Gasteiger partial charge in [-0.3, -0.25) is 4.79 Å². The number of nitrogens with one attached hydrogen (secondary N) is 2. The second-order valence-corrected chi connectivity index (χ2v) is 3.77. The van der Waals surface area contributed by atoms with Gasteiger partial charge in [0.2, 0.25) is 5.91 Å². The van der Waals surface area contributed by atoms with E-state index in [1.54, 1.807) is 0 Å². The highest BCUT2D eigenvalue weighted by molar-refractivity contribution is 5.73. The third-order valence-electron chi connectivity index (χ3n) is 2.25. The van der Waals surface area contributed by atoms with E-state index in [4.69, 9.17) is 5.11 Å². The van der Waals surface area contributed by atoms with Crippen LogP contribution < -0.4 is 10.6 Å². The molecule has 5 nitrogen and oxygen atoms in total. The molecule has 0 fully saturated rings. The van der Waals surface area contributed by atoms with Crippen LogP contribution in [0.4, 0.5) is 4.79 Å². The molecule has 1 aromatic carbocycles. The van der Waals surface area contributed by atoms with Gasteiger partial charge in [-0.25, -0.2) is 4.79 Å². The zero-order chi connectivity index (χ0) is 12.7. The molecule has 3 N–H and O–H groups in total. The van der Waals surface area contributed by atoms with Gasteiger partial charge in [-0.05, 0) is 12.0 Å². The quantitative estimate of drug-likeness (QED) is 0.713. The van der Waals surface area contributed by atoms with E-state index in [1.807, 2.05) is 30.3 Å². The van der Waals surface area contributed by atoms with E-state index in [1.165, 1.54) is 6.92 Å². The van der Waals surface area contributed by atoms with Crippen molar-refractivity contribution in [2.75, 3.05) is 6.54 Å². The van der Waals surface area contributed by atoms with E-state index < -0.39 is 6.09 Å². The highest BCUT2D eigenvalue weighted by Crippen LogP contribution is 2.02. The average molecular weight is 236 g/mol. The molecule has 0 spiro atoms. The van der Waals surface area contributed by atoms with Crippen molar-refractivity contribution in [1.82, 2.24) is 10.6 Å². The fourth-order valence-electron chi connectivity index (χ4n) is 1.51. The average Bonchev–Trinajstić information content (AvgIpc) is 2.26. The normalized spacial score (nSPS) is 11.6. The first kappa shape index (κ1) is 13.0. The van der Waals surface area contributed by atoms with Gasteiger partial charge < -0.3 is 15.7 Å². The molecule has 0 saturated carbocycles. The van der Waals surface area contributed by atoms with Gasteiger partial charge in [0.05, 0.1) is 6.04 Å². The zero-order valence-corrected chi connectivity index (χ0v) is 9.64. The van der Waals surface area contributed by atoms with E-state index >= 15 is 0 Å². The van der Waals surface area contributed by atoms with Gasteiger partial charge in [0.15, 0.2) is 0 Å². The number of carboxylic acid groups (broad SMARTS) is 1. The summed E-state index contributed by atoms with van der Waals surface area (Å²) in [4.78, 5) is 21.4. The molecule has 1 aromatic rings. The molecule has 0 bridgehead atoms. The maximum Gasteiger partial charge on any atom is 0.404 e. The number of carbonyl (C=O) groups is 2. The van der Waals surface area contributed by atoms with E-state index in [9.17, 15) is 9.59 Å². The first-order valence-electron chi connectivity index (χ1n) is 5.35. The highest BCUT2D eigenvalue weighted by Gasteiger charge is 2.12. The summed E-state index contributed by atoms with van der Waals surface area (Å²) in [7, 11) is 0. The molecule has 1 unspecified atom stereocenters. The Kier molecular flexibility index (Phi) is 5.00. The molecule has 0 aliphatic rings. The van der Waals surface area contributed by atoms with Crippen molar-refractivity contribution < 1.29 is 14.7 Å². The standard InChI is InChI=1S/C12H16N2O3/c1-9(15)13-8-11(14-12(16)17)7-10-5-3-2-4-6-10/h2-6,11,14H,7-8H2,1H3,(H,13,15)(H,16,17). The van der Waals surface area contributed by atoms with Gasteiger partial charge in [-0.15, -0.1) is 0 Å². The summed E-state index contributed by atoms with van der Waals surface area (Å²) in [6, 6.07) is 9.21. The summed E-state index contributed by atoms with van der Waals surface area (Å²) in [6.45, 7) is 1.69. The van der Waals surface area contributed by atoms with Crippen LogP contribution >= 0.6 is 0 Å². The highest BCUT2D eigenvalue weighted by atomic mass is 16.4. The Morgan fingerprint density at radius 3 is 2.47 bits per heavy atom. The van der Waals surface area contributed by atoms with Gasteiger partial charge >= 0.3 is 6.09 Å². The number of benzene rings is 1. The first-order chi connectivity index (χ1) is 8.08. The Bertz CT molecular complexity index is 379. The maximum atomic E-state index is 10.8. The third kappa shape index (κ3) is 5.55. The van der Waals surface area contributed by atoms with Crippen molar-refractivity contribution in [3.8, 4) is 0 Å². The van der Waals surface area contributed by atoms with Crippen molar-refractivity contribution >= 4 is 12.0 Å². The molecule has 0 aromatic heterocycles. The van der Waals surface area contributed by atoms with Crippen LogP contribution in [0.2, 0.25) is 0 Å². The molecule has 0 aliphatic carbocycles. The second-order valence-electron chi connectivity index (χ2n) is 3.77. The van der Waals surface area contributed by atoms with Gasteiger partial charge in [-0.2, -0.15) is 0 Å². The van der Waals surface area contributed by atoms with E-state index in [2.05, 4.69) is 10.6 Å². The molecule has 2 amide bonds. The SMILES string of the molecule is CC(=O)NCC(Cc1ccccc1)NC(=O)O. The number of carbonyl (C=O) groups excluding carboxylic acids is 1. The Balaban J connectivity index is 2.56. The smallest absolute Gasteiger partial charge is 0.404 e. The number of hydrogen-bond acceptors (Lipinski definition) is 2. The van der Waals surface area contributed by atoms with Gasteiger partial charge in [-0.1, -0.05) is 30.3 Å². The Hall–Kier alpha value is -2.04. The lowest BCUT2D eigenvalue weighted by molar-refractivity contribution is -0.119. The van der Waals surface area contributed by atoms with Crippen LogP contribution in [0.25, 0.3) is 0 Å². The third-order valence-corrected chi connectivity index (χ3v) is 2.25. The Morgan fingerprint density at radius 1 is 1.29 bits per heavy atom. The molecule has 92 valence electrons. The summed E-state index contributed by atoms with van der Waals surface area (Å²) in [5.41, 5.74) is 1.02. The minimum Gasteiger partial charge on any atom is -0.465 e. The maximum absolute atomic E-state index is 10.8. The van der Waals surface area contributed by atoms with Crippen LogP contribution in [0.1, 0.15) is 12.5 Å². The van der Waals surface area contributed by atoms with Crippen LogP contribution in [-0.4, -0.2) is 29.7 Å². The molecule has 1 atom stereocenters. The summed E-state index contributed by atoms with van der Waals surface area (Å²) < 4.78 is 0. The fraction of sp³-hybridized carbons (Fsp3) is 0.333. The van der Waals surface area contributed by atoms with Crippen molar-refractivity contribution in [2.24, 2.45) is 0 Å². The minimum atomic E-state index is -1.09. The van der Waals surface area contributed by atoms with Crippen LogP contribution in [0.5, 0.6) is 0 Å². The molecule has 0 aliphatic heterocycles. The van der Waals surface area contributed by atoms with Crippen LogP contribution in [0, 0.1) is 0 Å². The first-order valence-corrected chi connectivity index (χ1v) is 5.35. The Morgan fingerprint density at radius 2 is 1.94 bits per heavy atom. The lowest BCUT2D eigenvalue weighted by Gasteiger charge is -2.17. The monoisotopic (exact) mass is 236 g/mol. The molecule has 1 rings (SSSR count). The Labute approximate surface area is 99.8 Å². The summed E-state index contributed by atoms with van der Waals surface area (Å²) in [6.07, 6.45) is -0.538. The molecule has 17 heavy (non-hydrogen) atoms. The van der Waals surface area contributed by atoms with E-state index in [-0.39, 0.29) is 18.5 Å². The zero-order valence-electron chi connectivity index (χ0n) is 9.64. The second kappa shape index (κ2) is 6.52. The van der Waals surface area contributed by atoms with Crippen molar-refractivity contribution in [3.05, 3.63) is 35.9 Å². The summed E-state index contributed by atoms with van der Waals surface area (Å²) in [5.74, 6) is -0.171. The van der Waals surface area contributed by atoms with Crippen LogP contribution in [-0.2, 0) is 11.2 Å². The lowest BCUT2D eigenvalue weighted by Crippen LogP contribution is -2.44.